The molecule has 0 aliphatic rings. The van der Waals surface area contributed by atoms with Gasteiger partial charge < -0.3 is 9.47 Å². The summed E-state index contributed by atoms with van der Waals surface area (Å²) in [5.74, 6) is 0.432. The molecule has 0 spiro atoms. The van der Waals surface area contributed by atoms with Crippen LogP contribution in [-0.2, 0) is 9.47 Å². The van der Waals surface area contributed by atoms with Crippen LogP contribution in [0.5, 0.6) is 0 Å². The van der Waals surface area contributed by atoms with Crippen LogP contribution in [0.3, 0.4) is 0 Å². The van der Waals surface area contributed by atoms with E-state index in [0.29, 0.717) is 5.76 Å². The smallest absolute Gasteiger partial charge is 0.188 e. The van der Waals surface area contributed by atoms with Gasteiger partial charge in [0.25, 0.3) is 0 Å². The summed E-state index contributed by atoms with van der Waals surface area (Å²) in [5.41, 5.74) is 0. The second-order valence-electron chi connectivity index (χ2n) is 1.09. The second-order valence-corrected chi connectivity index (χ2v) is 1.09. The lowest BCUT2D eigenvalue weighted by Crippen LogP contribution is -1.91. The molecule has 0 aromatic rings. The van der Waals surface area contributed by atoms with Crippen molar-refractivity contribution in [2.75, 3.05) is 13.9 Å². The Kier molecular flexibility index (Phi) is 3.42. The first kappa shape index (κ1) is 6.50. The van der Waals surface area contributed by atoms with E-state index in [2.05, 4.69) is 23.0 Å². The Morgan fingerprint density at radius 3 is 2.43 bits per heavy atom. The quantitative estimate of drug-likeness (QED) is 0.389. The third-order valence-corrected chi connectivity index (χ3v) is 0.381. The van der Waals surface area contributed by atoms with Crippen LogP contribution in [-0.4, -0.2) is 13.9 Å². The minimum absolute atomic E-state index is 0.238. The summed E-state index contributed by atoms with van der Waals surface area (Å²) in [6, 6.07) is 0. The van der Waals surface area contributed by atoms with Gasteiger partial charge in [0.15, 0.2) is 6.79 Å². The molecule has 0 rings (SSSR count). The van der Waals surface area contributed by atoms with Gasteiger partial charge in [0, 0.05) is 14.0 Å². The monoisotopic (exact) mass is 101 g/mol. The van der Waals surface area contributed by atoms with Gasteiger partial charge in [-0.05, 0) is 0 Å². The topological polar surface area (TPSA) is 18.5 Å². The van der Waals surface area contributed by atoms with Crippen LogP contribution in [0.2, 0.25) is 0 Å². The van der Waals surface area contributed by atoms with Gasteiger partial charge in [-0.3, -0.25) is 0 Å². The van der Waals surface area contributed by atoms with E-state index in [1.165, 1.54) is 0 Å². The van der Waals surface area contributed by atoms with E-state index in [4.69, 9.17) is 0 Å². The molecule has 41 valence electrons. The van der Waals surface area contributed by atoms with Crippen molar-refractivity contribution in [3.8, 4) is 0 Å². The van der Waals surface area contributed by atoms with Crippen molar-refractivity contribution in [1.29, 1.82) is 0 Å². The molecule has 0 aliphatic carbocycles. The fourth-order valence-corrected chi connectivity index (χ4v) is 0.142. The van der Waals surface area contributed by atoms with Gasteiger partial charge in [0.2, 0.25) is 0 Å². The summed E-state index contributed by atoms with van der Waals surface area (Å²) in [7, 11) is 1.54. The zero-order chi connectivity index (χ0) is 5.70. The molecule has 2 nitrogen and oxygen atoms in total. The van der Waals surface area contributed by atoms with E-state index in [0.717, 1.165) is 0 Å². The van der Waals surface area contributed by atoms with Crippen LogP contribution in [0.25, 0.3) is 0 Å². The van der Waals surface area contributed by atoms with Crippen LogP contribution in [0.1, 0.15) is 0 Å². The van der Waals surface area contributed by atoms with Crippen molar-refractivity contribution in [2.24, 2.45) is 0 Å². The molecule has 0 saturated heterocycles. The maximum atomic E-state index is 4.66. The number of rotatable bonds is 3. The first-order valence-corrected chi connectivity index (χ1v) is 1.90. The van der Waals surface area contributed by atoms with Crippen LogP contribution < -0.4 is 0 Å². The molecule has 0 amide bonds. The minimum atomic E-state index is 0.238. The van der Waals surface area contributed by atoms with Gasteiger partial charge in [-0.15, -0.1) is 0 Å². The highest BCUT2D eigenvalue weighted by Gasteiger charge is 1.78. The SMILES string of the molecule is [CH2]C(=C)OCOC. The average molecular weight is 101 g/mol. The Morgan fingerprint density at radius 2 is 2.29 bits per heavy atom. The molecule has 0 unspecified atom stereocenters. The van der Waals surface area contributed by atoms with Crippen LogP contribution in [0.4, 0.5) is 0 Å². The van der Waals surface area contributed by atoms with Crippen molar-refractivity contribution in [2.45, 2.75) is 0 Å². The molecule has 7 heavy (non-hydrogen) atoms. The second kappa shape index (κ2) is 3.68. The standard InChI is InChI=1S/C5H9O2/c1-5(2)7-4-6-3/h1-2,4H2,3H3. The van der Waals surface area contributed by atoms with Crippen LogP contribution >= 0.6 is 0 Å². The molecule has 0 aliphatic heterocycles. The van der Waals surface area contributed by atoms with E-state index in [1.807, 2.05) is 0 Å². The van der Waals surface area contributed by atoms with Gasteiger partial charge >= 0.3 is 0 Å². The van der Waals surface area contributed by atoms with Gasteiger partial charge in [0.1, 0.15) is 0 Å². The van der Waals surface area contributed by atoms with Gasteiger partial charge in [0.05, 0.1) is 5.76 Å². The lowest BCUT2D eigenvalue weighted by molar-refractivity contribution is 0.0102. The van der Waals surface area contributed by atoms with Gasteiger partial charge in [-0.2, -0.15) is 0 Å². The molecule has 0 bridgehead atoms. The molecule has 0 heterocycles. The number of hydrogen-bond acceptors (Lipinski definition) is 2. The molecule has 0 aromatic carbocycles. The first-order chi connectivity index (χ1) is 3.27. The van der Waals surface area contributed by atoms with Crippen molar-refractivity contribution in [3.63, 3.8) is 0 Å². The summed E-state index contributed by atoms with van der Waals surface area (Å²) in [4.78, 5) is 0. The number of methoxy groups -OCH3 is 1. The van der Waals surface area contributed by atoms with Crippen molar-refractivity contribution in [1.82, 2.24) is 0 Å². The fraction of sp³-hybridized carbons (Fsp3) is 0.400. The van der Waals surface area contributed by atoms with Crippen molar-refractivity contribution < 1.29 is 9.47 Å². The predicted molar refractivity (Wildman–Crippen MR) is 27.5 cm³/mol. The van der Waals surface area contributed by atoms with E-state index < -0.39 is 0 Å². The molecule has 0 saturated carbocycles. The Bertz CT molecular complexity index is 59.1. The third kappa shape index (κ3) is 5.50. The van der Waals surface area contributed by atoms with E-state index in [1.54, 1.807) is 7.11 Å². The van der Waals surface area contributed by atoms with E-state index >= 15 is 0 Å². The summed E-state index contributed by atoms with van der Waals surface area (Å²) < 4.78 is 9.19. The number of hydrogen-bond donors (Lipinski definition) is 0. The summed E-state index contributed by atoms with van der Waals surface area (Å²) in [6.45, 7) is 7.00. The normalized spacial score (nSPS) is 8.29. The third-order valence-electron chi connectivity index (χ3n) is 0.381. The minimum Gasteiger partial charge on any atom is -0.473 e. The lowest BCUT2D eigenvalue weighted by atomic mass is 10.7. The number of ether oxygens (including phenoxy) is 2. The highest BCUT2D eigenvalue weighted by atomic mass is 16.7. The Balaban J connectivity index is 2.82. The highest BCUT2D eigenvalue weighted by molar-refractivity contribution is 4.84. The average Bonchev–Trinajstić information content (AvgIpc) is 1.61. The summed E-state index contributed by atoms with van der Waals surface area (Å²) in [6.07, 6.45) is 0. The zero-order valence-corrected chi connectivity index (χ0v) is 4.44. The van der Waals surface area contributed by atoms with Crippen LogP contribution in [0.15, 0.2) is 12.3 Å². The van der Waals surface area contributed by atoms with Gasteiger partial charge in [-0.1, -0.05) is 6.58 Å². The molecule has 0 aromatic heterocycles. The maximum Gasteiger partial charge on any atom is 0.188 e. The first-order valence-electron chi connectivity index (χ1n) is 1.90. The number of allylic oxidation sites excluding steroid dienone is 1. The lowest BCUT2D eigenvalue weighted by Gasteiger charge is -1.99. The Hall–Kier alpha value is -0.500. The molecular formula is C5H9O2. The van der Waals surface area contributed by atoms with Crippen LogP contribution in [0, 0.1) is 6.92 Å². The fourth-order valence-electron chi connectivity index (χ4n) is 0.142. The molecule has 0 fully saturated rings. The largest absolute Gasteiger partial charge is 0.473 e. The Morgan fingerprint density at radius 1 is 1.71 bits per heavy atom. The molecule has 0 N–H and O–H groups in total. The highest BCUT2D eigenvalue weighted by Crippen LogP contribution is 1.86. The molecule has 1 radical (unpaired) electrons. The molecular weight excluding hydrogens is 92.1 g/mol. The van der Waals surface area contributed by atoms with Gasteiger partial charge in [-0.25, -0.2) is 0 Å². The molecule has 0 atom stereocenters. The maximum absolute atomic E-state index is 4.66. The van der Waals surface area contributed by atoms with E-state index in [9.17, 15) is 0 Å². The molecule has 2 heteroatoms. The van der Waals surface area contributed by atoms with Crippen molar-refractivity contribution >= 4 is 0 Å². The predicted octanol–water partition coefficient (Wildman–Crippen LogP) is 0.955. The Labute approximate surface area is 43.7 Å². The summed E-state index contributed by atoms with van der Waals surface area (Å²) in [5, 5.41) is 0. The summed E-state index contributed by atoms with van der Waals surface area (Å²) >= 11 is 0. The van der Waals surface area contributed by atoms with E-state index in [-0.39, 0.29) is 6.79 Å². The zero-order valence-electron chi connectivity index (χ0n) is 4.44. The van der Waals surface area contributed by atoms with Crippen molar-refractivity contribution in [3.05, 3.63) is 19.3 Å².